The van der Waals surface area contributed by atoms with Crippen LogP contribution in [0.3, 0.4) is 0 Å². The monoisotopic (exact) mass is 355 g/mol. The van der Waals surface area contributed by atoms with Crippen molar-refractivity contribution < 1.29 is 19.4 Å². The number of hydrogen-bond donors (Lipinski definition) is 1. The van der Waals surface area contributed by atoms with E-state index in [9.17, 15) is 9.90 Å². The van der Waals surface area contributed by atoms with E-state index in [1.807, 2.05) is 13.2 Å². The summed E-state index contributed by atoms with van der Waals surface area (Å²) in [6.07, 6.45) is 5.20. The van der Waals surface area contributed by atoms with Crippen LogP contribution < -0.4 is 4.74 Å². The summed E-state index contributed by atoms with van der Waals surface area (Å²) in [5.74, 6) is 1.69. The largest absolute Gasteiger partial charge is 0.504 e. The highest BCUT2D eigenvalue weighted by atomic mass is 16.5. The smallest absolute Gasteiger partial charge is 0.174 e. The second-order valence-corrected chi connectivity index (χ2v) is 8.89. The van der Waals surface area contributed by atoms with Gasteiger partial charge in [-0.2, -0.15) is 0 Å². The van der Waals surface area contributed by atoms with Crippen molar-refractivity contribution in [3.05, 3.63) is 23.3 Å². The van der Waals surface area contributed by atoms with Gasteiger partial charge in [-0.3, -0.25) is 9.69 Å². The first-order valence-corrected chi connectivity index (χ1v) is 9.94. The van der Waals surface area contributed by atoms with Gasteiger partial charge in [0.1, 0.15) is 0 Å². The van der Waals surface area contributed by atoms with Gasteiger partial charge < -0.3 is 14.6 Å². The summed E-state index contributed by atoms with van der Waals surface area (Å²) in [6.45, 7) is 2.12. The van der Waals surface area contributed by atoms with Crippen LogP contribution >= 0.6 is 0 Å². The minimum absolute atomic E-state index is 0.157. The summed E-state index contributed by atoms with van der Waals surface area (Å²) < 4.78 is 12.5. The van der Waals surface area contributed by atoms with E-state index in [4.69, 9.17) is 9.47 Å². The number of carbonyl (C=O) groups is 1. The summed E-state index contributed by atoms with van der Waals surface area (Å²) in [5, 5.41) is 10.4. The number of phenolic OH excluding ortho intramolecular Hbond substituents is 1. The van der Waals surface area contributed by atoms with Crippen LogP contribution in [0.2, 0.25) is 0 Å². The molecule has 1 saturated heterocycles. The molecule has 2 saturated carbocycles. The molecule has 6 rings (SSSR count). The summed E-state index contributed by atoms with van der Waals surface area (Å²) >= 11 is 0. The second-order valence-electron chi connectivity index (χ2n) is 8.89. The molecule has 3 fully saturated rings. The minimum Gasteiger partial charge on any atom is -0.504 e. The van der Waals surface area contributed by atoms with E-state index in [0.29, 0.717) is 12.2 Å². The third-order valence-electron chi connectivity index (χ3n) is 7.88. The highest BCUT2D eigenvalue weighted by molar-refractivity contribution is 5.90. The number of nitrogens with zero attached hydrogens (tertiary/aromatic N) is 1. The van der Waals surface area contributed by atoms with Crippen molar-refractivity contribution in [2.75, 3.05) is 20.2 Å². The average Bonchev–Trinajstić information content (AvgIpc) is 3.38. The highest BCUT2D eigenvalue weighted by Gasteiger charge is 2.74. The second kappa shape index (κ2) is 4.82. The van der Waals surface area contributed by atoms with Crippen molar-refractivity contribution in [3.63, 3.8) is 0 Å². The first-order chi connectivity index (χ1) is 12.6. The SMILES string of the molecule is CO[C@@]12CCC(=O)[C@@H]3Oc4c(O)ccc5c4[C@@]31CCN(CC1CC1)[C@@H]2C5. The molecule has 26 heavy (non-hydrogen) atoms. The van der Waals surface area contributed by atoms with Gasteiger partial charge >= 0.3 is 0 Å². The Hall–Kier alpha value is -1.59. The molecular weight excluding hydrogens is 330 g/mol. The number of likely N-dealkylation sites (tertiary alicyclic amines) is 1. The van der Waals surface area contributed by atoms with Gasteiger partial charge in [-0.15, -0.1) is 0 Å². The molecule has 5 nitrogen and oxygen atoms in total. The molecule has 4 atom stereocenters. The fourth-order valence-electron chi connectivity index (χ4n) is 6.65. The number of carbonyl (C=O) groups excluding carboxylic acids is 1. The molecule has 0 aromatic heterocycles. The Kier molecular flexibility index (Phi) is 2.86. The highest BCUT2D eigenvalue weighted by Crippen LogP contribution is 2.65. The Morgan fingerprint density at radius 1 is 1.35 bits per heavy atom. The first kappa shape index (κ1) is 15.5. The van der Waals surface area contributed by atoms with Crippen LogP contribution in [0.25, 0.3) is 0 Å². The summed E-state index contributed by atoms with van der Waals surface area (Å²) in [5.41, 5.74) is 1.46. The van der Waals surface area contributed by atoms with Gasteiger partial charge in [0, 0.05) is 31.7 Å². The quantitative estimate of drug-likeness (QED) is 0.901. The maximum atomic E-state index is 12.9. The normalized spacial score (nSPS) is 40.3. The van der Waals surface area contributed by atoms with Crippen LogP contribution in [0.15, 0.2) is 12.1 Å². The Morgan fingerprint density at radius 3 is 2.96 bits per heavy atom. The van der Waals surface area contributed by atoms with Gasteiger partial charge in [-0.05, 0) is 56.2 Å². The molecule has 3 aliphatic carbocycles. The standard InChI is InChI=1S/C21H25NO4/c1-25-21-7-6-15(24)19-20(21)8-9-22(11-12-2-3-12)16(21)10-13-4-5-14(23)18(26-19)17(13)20/h4-5,12,16,19,23H,2-3,6-11H2,1H3/t16-,19+,20+,21-/m1/s1. The molecule has 138 valence electrons. The molecule has 0 unspecified atom stereocenters. The number of methoxy groups -OCH3 is 1. The van der Waals surface area contributed by atoms with Crippen LogP contribution in [0.1, 0.15) is 43.2 Å². The van der Waals surface area contributed by atoms with E-state index in [-0.39, 0.29) is 17.6 Å². The zero-order chi connectivity index (χ0) is 17.7. The summed E-state index contributed by atoms with van der Waals surface area (Å²) in [6, 6.07) is 4.05. The van der Waals surface area contributed by atoms with Gasteiger partial charge in [0.25, 0.3) is 0 Å². The predicted molar refractivity (Wildman–Crippen MR) is 94.6 cm³/mol. The first-order valence-electron chi connectivity index (χ1n) is 9.94. The number of piperidine rings is 1. The molecule has 2 bridgehead atoms. The van der Waals surface area contributed by atoms with Crippen molar-refractivity contribution in [1.29, 1.82) is 0 Å². The van der Waals surface area contributed by atoms with E-state index in [2.05, 4.69) is 4.90 Å². The van der Waals surface area contributed by atoms with Crippen molar-refractivity contribution in [3.8, 4) is 11.5 Å². The lowest BCUT2D eigenvalue weighted by atomic mass is 9.49. The number of ketones is 1. The minimum atomic E-state index is -0.510. The van der Waals surface area contributed by atoms with Gasteiger partial charge in [0.05, 0.1) is 11.0 Å². The molecule has 5 aliphatic rings. The molecule has 1 spiro atoms. The van der Waals surface area contributed by atoms with Crippen LogP contribution in [0.5, 0.6) is 11.5 Å². The number of Topliss-reactive ketones (excluding diaryl/α,β-unsaturated/α-hetero) is 1. The Morgan fingerprint density at radius 2 is 2.19 bits per heavy atom. The maximum absolute atomic E-state index is 12.9. The van der Waals surface area contributed by atoms with E-state index in [1.54, 1.807) is 6.07 Å². The molecule has 1 N–H and O–H groups in total. The van der Waals surface area contributed by atoms with Crippen molar-refractivity contribution in [2.45, 2.75) is 61.7 Å². The topological polar surface area (TPSA) is 59.0 Å². The number of aromatic hydroxyl groups is 1. The molecular formula is C21H25NO4. The van der Waals surface area contributed by atoms with Crippen LogP contribution in [0.4, 0.5) is 0 Å². The Bertz CT molecular complexity index is 818. The molecule has 5 heteroatoms. The van der Waals surface area contributed by atoms with E-state index >= 15 is 0 Å². The summed E-state index contributed by atoms with van der Waals surface area (Å²) in [7, 11) is 1.81. The molecule has 0 amide bonds. The fourth-order valence-corrected chi connectivity index (χ4v) is 6.65. The van der Waals surface area contributed by atoms with Crippen molar-refractivity contribution in [2.24, 2.45) is 5.92 Å². The predicted octanol–water partition coefficient (Wildman–Crippen LogP) is 2.18. The molecule has 2 heterocycles. The molecule has 2 aliphatic heterocycles. The fraction of sp³-hybridized carbons (Fsp3) is 0.667. The van der Waals surface area contributed by atoms with Crippen molar-refractivity contribution >= 4 is 5.78 Å². The lowest BCUT2D eigenvalue weighted by Gasteiger charge is -2.64. The van der Waals surface area contributed by atoms with Crippen molar-refractivity contribution in [1.82, 2.24) is 4.90 Å². The zero-order valence-corrected chi connectivity index (χ0v) is 15.2. The maximum Gasteiger partial charge on any atom is 0.174 e. The summed E-state index contributed by atoms with van der Waals surface area (Å²) in [4.78, 5) is 15.5. The van der Waals surface area contributed by atoms with E-state index in [1.165, 1.54) is 18.4 Å². The number of hydrogen-bond acceptors (Lipinski definition) is 5. The Balaban J connectivity index is 1.60. The van der Waals surface area contributed by atoms with Gasteiger partial charge in [-0.25, -0.2) is 0 Å². The molecule has 1 aromatic carbocycles. The Labute approximate surface area is 153 Å². The van der Waals surface area contributed by atoms with Crippen LogP contribution in [0, 0.1) is 5.92 Å². The number of phenols is 1. The lowest BCUT2D eigenvalue weighted by molar-refractivity contribution is -0.202. The zero-order valence-electron chi connectivity index (χ0n) is 15.2. The average molecular weight is 355 g/mol. The van der Waals surface area contributed by atoms with Gasteiger partial charge in [0.2, 0.25) is 0 Å². The number of rotatable bonds is 3. The van der Waals surface area contributed by atoms with Gasteiger partial charge in [-0.1, -0.05) is 6.07 Å². The van der Waals surface area contributed by atoms with Crippen LogP contribution in [-0.4, -0.2) is 53.7 Å². The van der Waals surface area contributed by atoms with Gasteiger partial charge in [0.15, 0.2) is 23.4 Å². The third kappa shape index (κ3) is 1.59. The van der Waals surface area contributed by atoms with E-state index in [0.717, 1.165) is 43.8 Å². The molecule has 0 radical (unpaired) electrons. The lowest BCUT2D eigenvalue weighted by Crippen LogP contribution is -2.77. The van der Waals surface area contributed by atoms with E-state index < -0.39 is 17.1 Å². The molecule has 1 aromatic rings. The third-order valence-corrected chi connectivity index (χ3v) is 7.88. The number of ether oxygens (including phenoxy) is 2. The number of benzene rings is 1. The van der Waals surface area contributed by atoms with Crippen LogP contribution in [-0.2, 0) is 21.4 Å².